The van der Waals surface area contributed by atoms with Crippen LogP contribution in [0, 0.1) is 20.8 Å². The first-order valence-corrected chi connectivity index (χ1v) is 10.4. The molecule has 0 unspecified atom stereocenters. The number of nitrogens with zero attached hydrogens (tertiary/aromatic N) is 1. The lowest BCUT2D eigenvalue weighted by Gasteiger charge is -2.17. The van der Waals surface area contributed by atoms with Crippen LogP contribution < -0.4 is 5.32 Å². The van der Waals surface area contributed by atoms with Gasteiger partial charge in [-0.15, -0.1) is 0 Å². The maximum absolute atomic E-state index is 13.3. The zero-order chi connectivity index (χ0) is 20.5. The fourth-order valence-electron chi connectivity index (χ4n) is 4.12. The number of hydrogen-bond donors (Lipinski definition) is 1. The van der Waals surface area contributed by atoms with Crippen LogP contribution in [0.1, 0.15) is 39.9 Å². The molecule has 1 aliphatic rings. The summed E-state index contributed by atoms with van der Waals surface area (Å²) in [5, 5.41) is 4.62. The van der Waals surface area contributed by atoms with Gasteiger partial charge in [0, 0.05) is 29.1 Å². The van der Waals surface area contributed by atoms with E-state index < -0.39 is 0 Å². The van der Waals surface area contributed by atoms with Crippen LogP contribution in [-0.4, -0.2) is 30.1 Å². The highest BCUT2D eigenvalue weighted by atomic mass is 35.5. The summed E-state index contributed by atoms with van der Waals surface area (Å²) in [6.45, 7) is 7.34. The number of pyridine rings is 1. The van der Waals surface area contributed by atoms with Crippen LogP contribution in [0.4, 0.5) is 0 Å². The van der Waals surface area contributed by atoms with Gasteiger partial charge in [-0.05, 0) is 62.9 Å². The molecular formula is C24H25ClN2O2. The number of rotatable bonds is 4. The molecule has 29 heavy (non-hydrogen) atoms. The maximum atomic E-state index is 13.3. The molecule has 1 fully saturated rings. The third-order valence-corrected chi connectivity index (χ3v) is 5.74. The summed E-state index contributed by atoms with van der Waals surface area (Å²) in [5.41, 5.74) is 6.23. The van der Waals surface area contributed by atoms with Gasteiger partial charge in [-0.1, -0.05) is 35.4 Å². The van der Waals surface area contributed by atoms with Crippen molar-refractivity contribution in [1.82, 2.24) is 10.3 Å². The van der Waals surface area contributed by atoms with Gasteiger partial charge in [0.25, 0.3) is 5.91 Å². The van der Waals surface area contributed by atoms with Crippen molar-refractivity contribution in [2.75, 3.05) is 13.2 Å². The SMILES string of the molecule is Cc1cc(C)c2nc(-c3cccc(Cl)c3)c(C)c(C(=O)NC[C@H]3CCCO3)c2c1. The quantitative estimate of drug-likeness (QED) is 0.629. The molecule has 1 aliphatic heterocycles. The Kier molecular flexibility index (Phi) is 5.57. The molecule has 1 amide bonds. The number of aromatic nitrogens is 1. The molecule has 3 aromatic rings. The normalized spacial score (nSPS) is 16.3. The van der Waals surface area contributed by atoms with E-state index >= 15 is 0 Å². The summed E-state index contributed by atoms with van der Waals surface area (Å²) in [5.74, 6) is -0.0846. The third kappa shape index (κ3) is 4.00. The Morgan fingerprint density at radius 3 is 2.79 bits per heavy atom. The first-order valence-electron chi connectivity index (χ1n) is 10.0. The van der Waals surface area contributed by atoms with Crippen molar-refractivity contribution in [3.8, 4) is 11.3 Å². The standard InChI is InChI=1S/C24H25ClN2O2/c1-14-10-15(2)22-20(11-14)21(24(28)26-13-19-8-5-9-29-19)16(3)23(27-22)17-6-4-7-18(25)12-17/h4,6-7,10-12,19H,5,8-9,13H2,1-3H3,(H,26,28)/t19-/m1/s1. The van der Waals surface area contributed by atoms with E-state index in [1.165, 1.54) is 0 Å². The number of carbonyl (C=O) groups excluding carboxylic acids is 1. The van der Waals surface area contributed by atoms with Gasteiger partial charge in [0.2, 0.25) is 0 Å². The number of hydrogen-bond acceptors (Lipinski definition) is 3. The molecule has 4 nitrogen and oxygen atoms in total. The molecule has 2 aromatic carbocycles. The van der Waals surface area contributed by atoms with Crippen molar-refractivity contribution in [2.45, 2.75) is 39.7 Å². The molecular weight excluding hydrogens is 384 g/mol. The topological polar surface area (TPSA) is 51.2 Å². The van der Waals surface area contributed by atoms with E-state index in [0.717, 1.165) is 58.3 Å². The summed E-state index contributed by atoms with van der Waals surface area (Å²) in [6.07, 6.45) is 2.14. The second-order valence-electron chi connectivity index (χ2n) is 7.79. The molecule has 0 radical (unpaired) electrons. The van der Waals surface area contributed by atoms with Gasteiger partial charge in [0.05, 0.1) is 22.9 Å². The highest BCUT2D eigenvalue weighted by molar-refractivity contribution is 6.30. The van der Waals surface area contributed by atoms with Gasteiger partial charge in [-0.2, -0.15) is 0 Å². The fraction of sp³-hybridized carbons (Fsp3) is 0.333. The second-order valence-corrected chi connectivity index (χ2v) is 8.23. The molecule has 4 rings (SSSR count). The van der Waals surface area contributed by atoms with Crippen LogP contribution in [-0.2, 0) is 4.74 Å². The molecule has 0 spiro atoms. The first kappa shape index (κ1) is 19.9. The molecule has 2 heterocycles. The molecule has 5 heteroatoms. The largest absolute Gasteiger partial charge is 0.376 e. The number of ether oxygens (including phenoxy) is 1. The minimum Gasteiger partial charge on any atom is -0.376 e. The van der Waals surface area contributed by atoms with E-state index in [1.54, 1.807) is 0 Å². The number of halogens is 1. The number of carbonyl (C=O) groups is 1. The van der Waals surface area contributed by atoms with Crippen molar-refractivity contribution in [3.05, 3.63) is 63.7 Å². The lowest BCUT2D eigenvalue weighted by Crippen LogP contribution is -2.32. The number of aryl methyl sites for hydroxylation is 2. The van der Waals surface area contributed by atoms with Gasteiger partial charge in [0.15, 0.2) is 0 Å². The molecule has 1 aromatic heterocycles. The Bertz CT molecular complexity index is 1090. The van der Waals surface area contributed by atoms with Gasteiger partial charge in [-0.25, -0.2) is 4.98 Å². The van der Waals surface area contributed by atoms with Crippen LogP contribution in [0.2, 0.25) is 5.02 Å². The van der Waals surface area contributed by atoms with Crippen LogP contribution >= 0.6 is 11.6 Å². The number of benzene rings is 2. The van der Waals surface area contributed by atoms with Crippen molar-refractivity contribution < 1.29 is 9.53 Å². The zero-order valence-electron chi connectivity index (χ0n) is 17.0. The lowest BCUT2D eigenvalue weighted by atomic mass is 9.94. The highest BCUT2D eigenvalue weighted by Crippen LogP contribution is 2.32. The Hall–Kier alpha value is -2.43. The van der Waals surface area contributed by atoms with E-state index in [4.69, 9.17) is 21.3 Å². The summed E-state index contributed by atoms with van der Waals surface area (Å²) < 4.78 is 5.66. The van der Waals surface area contributed by atoms with Crippen molar-refractivity contribution >= 4 is 28.4 Å². The second kappa shape index (κ2) is 8.13. The first-order chi connectivity index (χ1) is 13.9. The average molecular weight is 409 g/mol. The highest BCUT2D eigenvalue weighted by Gasteiger charge is 2.22. The van der Waals surface area contributed by atoms with Crippen LogP contribution in [0.25, 0.3) is 22.2 Å². The predicted molar refractivity (Wildman–Crippen MR) is 118 cm³/mol. The van der Waals surface area contributed by atoms with Gasteiger partial charge >= 0.3 is 0 Å². The van der Waals surface area contributed by atoms with E-state index in [-0.39, 0.29) is 12.0 Å². The summed E-state index contributed by atoms with van der Waals surface area (Å²) in [4.78, 5) is 18.2. The molecule has 1 N–H and O–H groups in total. The van der Waals surface area contributed by atoms with Crippen LogP contribution in [0.15, 0.2) is 36.4 Å². The summed E-state index contributed by atoms with van der Waals surface area (Å²) in [6, 6.07) is 11.8. The summed E-state index contributed by atoms with van der Waals surface area (Å²) in [7, 11) is 0. The van der Waals surface area contributed by atoms with E-state index in [2.05, 4.69) is 11.4 Å². The van der Waals surface area contributed by atoms with Crippen LogP contribution in [0.3, 0.4) is 0 Å². The van der Waals surface area contributed by atoms with Crippen LogP contribution in [0.5, 0.6) is 0 Å². The van der Waals surface area contributed by atoms with Crippen molar-refractivity contribution in [1.29, 1.82) is 0 Å². The average Bonchev–Trinajstić information content (AvgIpc) is 3.19. The minimum atomic E-state index is -0.0846. The van der Waals surface area contributed by atoms with E-state index in [1.807, 2.05) is 51.1 Å². The van der Waals surface area contributed by atoms with Gasteiger partial charge in [-0.3, -0.25) is 4.79 Å². The summed E-state index contributed by atoms with van der Waals surface area (Å²) >= 11 is 6.22. The fourth-order valence-corrected chi connectivity index (χ4v) is 4.31. The van der Waals surface area contributed by atoms with Gasteiger partial charge in [0.1, 0.15) is 0 Å². The monoisotopic (exact) mass is 408 g/mol. The Labute approximate surface area is 176 Å². The van der Waals surface area contributed by atoms with Crippen molar-refractivity contribution in [3.63, 3.8) is 0 Å². The zero-order valence-corrected chi connectivity index (χ0v) is 17.8. The van der Waals surface area contributed by atoms with E-state index in [9.17, 15) is 4.79 Å². The Morgan fingerprint density at radius 1 is 1.24 bits per heavy atom. The smallest absolute Gasteiger partial charge is 0.252 e. The molecule has 1 atom stereocenters. The van der Waals surface area contributed by atoms with E-state index in [0.29, 0.717) is 17.1 Å². The minimum absolute atomic E-state index is 0.0846. The Balaban J connectivity index is 1.85. The molecule has 1 saturated heterocycles. The molecule has 0 bridgehead atoms. The van der Waals surface area contributed by atoms with Gasteiger partial charge < -0.3 is 10.1 Å². The number of amides is 1. The maximum Gasteiger partial charge on any atom is 0.252 e. The third-order valence-electron chi connectivity index (χ3n) is 5.51. The number of nitrogens with one attached hydrogen (secondary N) is 1. The lowest BCUT2D eigenvalue weighted by molar-refractivity contribution is 0.0858. The molecule has 0 aliphatic carbocycles. The Morgan fingerprint density at radius 2 is 2.07 bits per heavy atom. The molecule has 0 saturated carbocycles. The molecule has 150 valence electrons. The van der Waals surface area contributed by atoms with Crippen molar-refractivity contribution in [2.24, 2.45) is 0 Å². The number of fused-ring (bicyclic) bond motifs is 1. The predicted octanol–water partition coefficient (Wildman–Crippen LogP) is 5.39.